The fourth-order valence-corrected chi connectivity index (χ4v) is 2.37. The lowest BCUT2D eigenvalue weighted by atomic mass is 10.1. The van der Waals surface area contributed by atoms with E-state index in [9.17, 15) is 14.0 Å². The molecule has 2 aromatic carbocycles. The number of halogens is 2. The molecule has 108 valence electrons. The monoisotopic (exact) mass is 351 g/mol. The number of carbonyl (C=O) groups excluding carboxylic acids is 1. The van der Waals surface area contributed by atoms with E-state index >= 15 is 0 Å². The maximum atomic E-state index is 13.8. The molecule has 0 heterocycles. The zero-order valence-electron chi connectivity index (χ0n) is 11.0. The number of benzene rings is 2. The third-order valence-corrected chi connectivity index (χ3v) is 3.41. The molecule has 0 radical (unpaired) electrons. The molecule has 0 spiro atoms. The number of carboxylic acid groups (broad SMARTS) is 1. The second kappa shape index (κ2) is 6.05. The number of nitrogens with one attached hydrogen (secondary N) is 1. The summed E-state index contributed by atoms with van der Waals surface area (Å²) >= 11 is 3.29. The molecule has 2 aromatic rings. The van der Waals surface area contributed by atoms with Crippen molar-refractivity contribution < 1.29 is 19.1 Å². The highest BCUT2D eigenvalue weighted by Gasteiger charge is 2.18. The summed E-state index contributed by atoms with van der Waals surface area (Å²) < 4.78 is 14.6. The van der Waals surface area contributed by atoms with Crippen molar-refractivity contribution in [1.29, 1.82) is 0 Å². The van der Waals surface area contributed by atoms with Crippen molar-refractivity contribution in [3.05, 3.63) is 63.4 Å². The molecule has 0 bridgehead atoms. The normalized spacial score (nSPS) is 10.2. The summed E-state index contributed by atoms with van der Waals surface area (Å²) in [7, 11) is 0. The van der Waals surface area contributed by atoms with E-state index < -0.39 is 17.7 Å². The molecule has 2 rings (SSSR count). The summed E-state index contributed by atoms with van der Waals surface area (Å²) in [6, 6.07) is 8.61. The van der Waals surface area contributed by atoms with E-state index in [-0.39, 0.29) is 11.3 Å². The Morgan fingerprint density at radius 1 is 1.19 bits per heavy atom. The first-order valence-corrected chi connectivity index (χ1v) is 6.78. The number of carbonyl (C=O) groups is 2. The second-order valence-electron chi connectivity index (χ2n) is 4.38. The van der Waals surface area contributed by atoms with Crippen LogP contribution in [0.3, 0.4) is 0 Å². The number of carboxylic acids is 1. The SMILES string of the molecule is Cc1cc(Br)ccc1C(=O)Nc1c(F)cccc1C(=O)O. The Morgan fingerprint density at radius 2 is 1.90 bits per heavy atom. The van der Waals surface area contributed by atoms with Crippen LogP contribution >= 0.6 is 15.9 Å². The number of para-hydroxylation sites is 1. The number of amides is 1. The first-order chi connectivity index (χ1) is 9.90. The molecule has 1 amide bonds. The lowest BCUT2D eigenvalue weighted by molar-refractivity contribution is 0.0697. The van der Waals surface area contributed by atoms with E-state index in [4.69, 9.17) is 5.11 Å². The Balaban J connectivity index is 2.38. The molecule has 2 N–H and O–H groups in total. The van der Waals surface area contributed by atoms with Gasteiger partial charge in [-0.05, 0) is 42.8 Å². The Morgan fingerprint density at radius 3 is 2.52 bits per heavy atom. The van der Waals surface area contributed by atoms with Crippen molar-refractivity contribution in [1.82, 2.24) is 0 Å². The summed E-state index contributed by atoms with van der Waals surface area (Å²) in [5.74, 6) is -2.66. The number of hydrogen-bond donors (Lipinski definition) is 2. The average Bonchev–Trinajstić information content (AvgIpc) is 2.40. The molecule has 0 aliphatic rings. The minimum Gasteiger partial charge on any atom is -0.478 e. The van der Waals surface area contributed by atoms with Crippen LogP contribution in [0.25, 0.3) is 0 Å². The molecule has 0 aromatic heterocycles. The minimum atomic E-state index is -1.31. The van der Waals surface area contributed by atoms with Gasteiger partial charge in [0.05, 0.1) is 11.3 Å². The van der Waals surface area contributed by atoms with Crippen LogP contribution in [0.4, 0.5) is 10.1 Å². The van der Waals surface area contributed by atoms with E-state index in [2.05, 4.69) is 21.2 Å². The third kappa shape index (κ3) is 3.28. The number of rotatable bonds is 3. The zero-order valence-corrected chi connectivity index (χ0v) is 12.6. The smallest absolute Gasteiger partial charge is 0.337 e. The summed E-state index contributed by atoms with van der Waals surface area (Å²) in [6.07, 6.45) is 0. The van der Waals surface area contributed by atoms with Crippen molar-refractivity contribution in [2.75, 3.05) is 5.32 Å². The predicted molar refractivity (Wildman–Crippen MR) is 80.2 cm³/mol. The maximum absolute atomic E-state index is 13.8. The fraction of sp³-hybridized carbons (Fsp3) is 0.0667. The van der Waals surface area contributed by atoms with Crippen LogP contribution in [-0.4, -0.2) is 17.0 Å². The standard InChI is InChI=1S/C15H11BrFNO3/c1-8-7-9(16)5-6-10(8)14(19)18-13-11(15(20)21)3-2-4-12(13)17/h2-7H,1H3,(H,18,19)(H,20,21). The highest BCUT2D eigenvalue weighted by Crippen LogP contribution is 2.22. The van der Waals surface area contributed by atoms with Gasteiger partial charge in [0.2, 0.25) is 0 Å². The van der Waals surface area contributed by atoms with Gasteiger partial charge in [0, 0.05) is 10.0 Å². The van der Waals surface area contributed by atoms with E-state index in [0.717, 1.165) is 10.5 Å². The van der Waals surface area contributed by atoms with E-state index in [0.29, 0.717) is 11.1 Å². The van der Waals surface area contributed by atoms with Crippen LogP contribution in [-0.2, 0) is 0 Å². The molecule has 0 aliphatic carbocycles. The zero-order chi connectivity index (χ0) is 15.6. The van der Waals surface area contributed by atoms with Crippen molar-refractivity contribution in [2.24, 2.45) is 0 Å². The Bertz CT molecular complexity index is 731. The van der Waals surface area contributed by atoms with Gasteiger partial charge in [-0.15, -0.1) is 0 Å². The fourth-order valence-electron chi connectivity index (χ4n) is 1.89. The number of hydrogen-bond acceptors (Lipinski definition) is 2. The van der Waals surface area contributed by atoms with E-state index in [1.807, 2.05) is 0 Å². The molecule has 6 heteroatoms. The summed E-state index contributed by atoms with van der Waals surface area (Å²) in [5.41, 5.74) is 0.406. The molecular weight excluding hydrogens is 341 g/mol. The van der Waals surface area contributed by atoms with Gasteiger partial charge in [-0.25, -0.2) is 9.18 Å². The molecule has 0 saturated heterocycles. The van der Waals surface area contributed by atoms with Gasteiger partial charge in [-0.1, -0.05) is 22.0 Å². The van der Waals surface area contributed by atoms with Crippen molar-refractivity contribution >= 4 is 33.5 Å². The summed E-state index contributed by atoms with van der Waals surface area (Å²) in [6.45, 7) is 1.74. The van der Waals surface area contributed by atoms with Crippen LogP contribution in [0, 0.1) is 12.7 Å². The lowest BCUT2D eigenvalue weighted by Gasteiger charge is -2.11. The van der Waals surface area contributed by atoms with Gasteiger partial charge in [-0.3, -0.25) is 4.79 Å². The summed E-state index contributed by atoms with van der Waals surface area (Å²) in [5, 5.41) is 11.4. The average molecular weight is 352 g/mol. The van der Waals surface area contributed by atoms with Crippen LogP contribution in [0.15, 0.2) is 40.9 Å². The number of aryl methyl sites for hydroxylation is 1. The molecule has 0 atom stereocenters. The van der Waals surface area contributed by atoms with Crippen LogP contribution in [0.2, 0.25) is 0 Å². The van der Waals surface area contributed by atoms with Gasteiger partial charge < -0.3 is 10.4 Å². The molecular formula is C15H11BrFNO3. The van der Waals surface area contributed by atoms with Crippen molar-refractivity contribution in [3.8, 4) is 0 Å². The highest BCUT2D eigenvalue weighted by atomic mass is 79.9. The quantitative estimate of drug-likeness (QED) is 0.882. The molecule has 4 nitrogen and oxygen atoms in total. The van der Waals surface area contributed by atoms with Gasteiger partial charge in [0.25, 0.3) is 5.91 Å². The predicted octanol–water partition coefficient (Wildman–Crippen LogP) is 3.85. The summed E-state index contributed by atoms with van der Waals surface area (Å²) in [4.78, 5) is 23.3. The Hall–Kier alpha value is -2.21. The van der Waals surface area contributed by atoms with Gasteiger partial charge in [0.15, 0.2) is 0 Å². The van der Waals surface area contributed by atoms with Crippen LogP contribution in [0.5, 0.6) is 0 Å². The van der Waals surface area contributed by atoms with Gasteiger partial charge in [0.1, 0.15) is 5.82 Å². The van der Waals surface area contributed by atoms with E-state index in [1.165, 1.54) is 12.1 Å². The second-order valence-corrected chi connectivity index (χ2v) is 5.30. The molecule has 21 heavy (non-hydrogen) atoms. The molecule has 0 saturated carbocycles. The van der Waals surface area contributed by atoms with E-state index in [1.54, 1.807) is 25.1 Å². The lowest BCUT2D eigenvalue weighted by Crippen LogP contribution is -2.17. The van der Waals surface area contributed by atoms with Crippen LogP contribution < -0.4 is 5.32 Å². The largest absolute Gasteiger partial charge is 0.478 e. The van der Waals surface area contributed by atoms with Crippen molar-refractivity contribution in [2.45, 2.75) is 6.92 Å². The minimum absolute atomic E-state index is 0.293. The Labute approximate surface area is 128 Å². The molecule has 0 fully saturated rings. The first kappa shape index (κ1) is 15.2. The van der Waals surface area contributed by atoms with Crippen LogP contribution in [0.1, 0.15) is 26.3 Å². The number of anilines is 1. The highest BCUT2D eigenvalue weighted by molar-refractivity contribution is 9.10. The Kier molecular flexibility index (Phi) is 4.37. The molecule has 0 aliphatic heterocycles. The number of aromatic carboxylic acids is 1. The maximum Gasteiger partial charge on any atom is 0.337 e. The van der Waals surface area contributed by atoms with Crippen molar-refractivity contribution in [3.63, 3.8) is 0 Å². The van der Waals surface area contributed by atoms with Gasteiger partial charge in [-0.2, -0.15) is 0 Å². The third-order valence-electron chi connectivity index (χ3n) is 2.92. The first-order valence-electron chi connectivity index (χ1n) is 5.99. The molecule has 0 unspecified atom stereocenters. The van der Waals surface area contributed by atoms with Gasteiger partial charge >= 0.3 is 5.97 Å². The topological polar surface area (TPSA) is 66.4 Å².